The third kappa shape index (κ3) is 13.2. The number of anilines is 6. The quantitative estimate of drug-likeness (QED) is 0.0428. The highest BCUT2D eigenvalue weighted by Gasteiger charge is 2.19. The van der Waals surface area contributed by atoms with Gasteiger partial charge in [0.1, 0.15) is 0 Å². The van der Waals surface area contributed by atoms with E-state index in [9.17, 15) is 14.4 Å². The molecule has 0 aliphatic rings. The molecule has 3 amide bonds. The van der Waals surface area contributed by atoms with Crippen LogP contribution >= 0.6 is 34.8 Å². The highest BCUT2D eigenvalue weighted by molar-refractivity contribution is 6.32. The van der Waals surface area contributed by atoms with E-state index in [1.54, 1.807) is 0 Å². The first-order valence-corrected chi connectivity index (χ1v) is 16.9. The normalized spacial score (nSPS) is 12.1. The molecule has 0 saturated heterocycles. The molecule has 28 heteroatoms. The van der Waals surface area contributed by atoms with Gasteiger partial charge >= 0.3 is 0 Å². The van der Waals surface area contributed by atoms with E-state index in [1.165, 1.54) is 0 Å². The van der Waals surface area contributed by atoms with Crippen molar-refractivity contribution in [1.29, 1.82) is 0 Å². The van der Waals surface area contributed by atoms with E-state index in [0.717, 1.165) is 0 Å². The molecule has 55 heavy (non-hydrogen) atoms. The Morgan fingerprint density at radius 2 is 0.727 bits per heavy atom. The summed E-state index contributed by atoms with van der Waals surface area (Å²) in [6, 6.07) is 0. The lowest BCUT2D eigenvalue weighted by Crippen LogP contribution is -2.38. The number of hydrogen-bond acceptors (Lipinski definition) is 19. The zero-order valence-corrected chi connectivity index (χ0v) is 31.2. The number of nitrogens with zero attached hydrogens (tertiary/aromatic N) is 10. The zero-order chi connectivity index (χ0) is 40.8. The Morgan fingerprint density at radius 1 is 0.473 bits per heavy atom. The van der Waals surface area contributed by atoms with Gasteiger partial charge in [-0.1, -0.05) is 34.8 Å². The molecule has 0 atom stereocenters. The van der Waals surface area contributed by atoms with Crippen molar-refractivity contribution in [3.8, 4) is 0 Å². The molecule has 21 N–H and O–H groups in total. The minimum atomic E-state index is -0.774. The molecule has 3 aromatic rings. The smallest absolute Gasteiger partial charge is 0.280 e. The third-order valence-corrected chi connectivity index (χ3v) is 7.66. The predicted octanol–water partition coefficient (Wildman–Crippen LogP) is -2.48. The number of nitrogen functional groups attached to an aromatic ring is 6. The van der Waals surface area contributed by atoms with Crippen molar-refractivity contribution in [2.24, 2.45) is 32.2 Å². The Hall–Kier alpha value is -6.31. The average molecular weight is 826 g/mol. The minimum absolute atomic E-state index is 0.131. The summed E-state index contributed by atoms with van der Waals surface area (Å²) in [5, 5.41) is 6.52. The van der Waals surface area contributed by atoms with Crippen molar-refractivity contribution in [1.82, 2.24) is 50.8 Å². The summed E-state index contributed by atoms with van der Waals surface area (Å²) < 4.78 is 0. The Kier molecular flexibility index (Phi) is 15.9. The first-order chi connectivity index (χ1) is 26.0. The number of nitrogens with one attached hydrogen (secondary N) is 3. The van der Waals surface area contributed by atoms with Crippen molar-refractivity contribution < 1.29 is 14.4 Å². The molecule has 3 rings (SSSR count). The molecule has 0 aliphatic heterocycles. The standard InChI is InChI=1S/C27H39Cl3N22O3/c28-13-19(34)46-16(31)10(43-13)22(53)49-25(37)40-4-1-7-52(8-2-5-41-26(38)50-23(54)11-17(32)47-20(35)14(29)44-11)9-3-6-42-27(39)51-24(55)12-18(33)48-21(36)15(30)45-12/h1-9H2,(H4,31,34,46)(H4,32,35,47)(H4,33,36,48)(H3,37,40,49,53)(H3,38,41,50,54)(H3,39,42,51,55). The second kappa shape index (κ2) is 20.2. The number of hydrogen-bond donors (Lipinski definition) is 12. The van der Waals surface area contributed by atoms with Gasteiger partial charge in [0.15, 0.2) is 85.3 Å². The molecule has 0 bridgehead atoms. The van der Waals surface area contributed by atoms with Crippen LogP contribution in [-0.2, 0) is 0 Å². The number of aromatic nitrogens is 6. The Bertz CT molecular complexity index is 1770. The van der Waals surface area contributed by atoms with Gasteiger partial charge in [0.2, 0.25) is 0 Å². The second-order valence-electron chi connectivity index (χ2n) is 11.0. The van der Waals surface area contributed by atoms with Crippen LogP contribution in [-0.4, -0.2) is 110 Å². The van der Waals surface area contributed by atoms with Crippen LogP contribution in [0.2, 0.25) is 15.5 Å². The van der Waals surface area contributed by atoms with E-state index in [2.05, 4.69) is 65.7 Å². The molecule has 25 nitrogen and oxygen atoms in total. The Morgan fingerprint density at radius 3 is 0.982 bits per heavy atom. The zero-order valence-electron chi connectivity index (χ0n) is 28.9. The fraction of sp³-hybridized carbons (Fsp3) is 0.333. The highest BCUT2D eigenvalue weighted by Crippen LogP contribution is 2.19. The van der Waals surface area contributed by atoms with Gasteiger partial charge in [0.25, 0.3) is 17.7 Å². The molecule has 0 aliphatic carbocycles. The fourth-order valence-electron chi connectivity index (χ4n) is 4.29. The number of guanidine groups is 3. The Labute approximate surface area is 327 Å². The number of carbonyl (C=O) groups excluding carboxylic acids is 3. The summed E-state index contributed by atoms with van der Waals surface area (Å²) in [6.45, 7) is 2.24. The number of carbonyl (C=O) groups is 3. The monoisotopic (exact) mass is 824 g/mol. The summed E-state index contributed by atoms with van der Waals surface area (Å²) >= 11 is 17.5. The van der Waals surface area contributed by atoms with Crippen LogP contribution < -0.4 is 67.6 Å². The number of aliphatic imine (C=N–C) groups is 3. The largest absolute Gasteiger partial charge is 0.382 e. The lowest BCUT2D eigenvalue weighted by atomic mass is 10.3. The molecule has 296 valence electrons. The van der Waals surface area contributed by atoms with Gasteiger partial charge in [-0.25, -0.2) is 29.9 Å². The van der Waals surface area contributed by atoms with Crippen molar-refractivity contribution in [2.45, 2.75) is 19.3 Å². The van der Waals surface area contributed by atoms with Crippen LogP contribution in [0, 0.1) is 0 Å². The third-order valence-electron chi connectivity index (χ3n) is 6.83. The van der Waals surface area contributed by atoms with Crippen LogP contribution in [0.1, 0.15) is 50.7 Å². The molecule has 0 unspecified atom stereocenters. The summed E-state index contributed by atoms with van der Waals surface area (Å²) in [6.07, 6.45) is 1.52. The van der Waals surface area contributed by atoms with Crippen LogP contribution in [0.15, 0.2) is 15.0 Å². The molecule has 0 aromatic carbocycles. The predicted molar refractivity (Wildman–Crippen MR) is 210 cm³/mol. The van der Waals surface area contributed by atoms with Crippen LogP contribution in [0.25, 0.3) is 0 Å². The summed E-state index contributed by atoms with van der Waals surface area (Å²) in [4.78, 5) is 74.9. The maximum absolute atomic E-state index is 12.5. The molecule has 0 fully saturated rings. The first-order valence-electron chi connectivity index (χ1n) is 15.8. The molecular weight excluding hydrogens is 787 g/mol. The molecule has 0 radical (unpaired) electrons. The number of rotatable bonds is 15. The van der Waals surface area contributed by atoms with E-state index < -0.39 is 17.7 Å². The van der Waals surface area contributed by atoms with Crippen LogP contribution in [0.5, 0.6) is 0 Å². The van der Waals surface area contributed by atoms with E-state index in [1.807, 2.05) is 0 Å². The van der Waals surface area contributed by atoms with E-state index in [4.69, 9.17) is 86.4 Å². The van der Waals surface area contributed by atoms with Gasteiger partial charge < -0.3 is 56.5 Å². The van der Waals surface area contributed by atoms with Crippen molar-refractivity contribution in [2.75, 3.05) is 73.7 Å². The van der Waals surface area contributed by atoms with Crippen LogP contribution in [0.4, 0.5) is 34.9 Å². The molecule has 3 aromatic heterocycles. The fourth-order valence-corrected chi connectivity index (χ4v) is 4.67. The van der Waals surface area contributed by atoms with Crippen LogP contribution in [0.3, 0.4) is 0 Å². The van der Waals surface area contributed by atoms with E-state index in [0.29, 0.717) is 38.9 Å². The molecule has 3 heterocycles. The van der Waals surface area contributed by atoms with E-state index >= 15 is 0 Å². The maximum atomic E-state index is 12.5. The summed E-state index contributed by atoms with van der Waals surface area (Å²) in [7, 11) is 0. The maximum Gasteiger partial charge on any atom is 0.280 e. The van der Waals surface area contributed by atoms with Gasteiger partial charge in [-0.15, -0.1) is 0 Å². The number of halogens is 3. The van der Waals surface area contributed by atoms with Crippen molar-refractivity contribution in [3.63, 3.8) is 0 Å². The lowest BCUT2D eigenvalue weighted by molar-refractivity contribution is 0.0964. The lowest BCUT2D eigenvalue weighted by Gasteiger charge is -2.21. The topological polar surface area (TPSA) is 439 Å². The second-order valence-corrected chi connectivity index (χ2v) is 12.0. The van der Waals surface area contributed by atoms with Crippen molar-refractivity contribution >= 4 is 105 Å². The minimum Gasteiger partial charge on any atom is -0.382 e. The van der Waals surface area contributed by atoms with Gasteiger partial charge in [0, 0.05) is 19.6 Å². The van der Waals surface area contributed by atoms with Gasteiger partial charge in [-0.05, 0) is 38.9 Å². The first kappa shape index (κ1) is 43.1. The van der Waals surface area contributed by atoms with Gasteiger partial charge in [-0.2, -0.15) is 0 Å². The molecular formula is C27H39Cl3N22O3. The summed E-state index contributed by atoms with van der Waals surface area (Å²) in [5.41, 5.74) is 50.6. The summed E-state index contributed by atoms with van der Waals surface area (Å²) in [5.74, 6) is -3.98. The highest BCUT2D eigenvalue weighted by atomic mass is 35.5. The van der Waals surface area contributed by atoms with Gasteiger partial charge in [0.05, 0.1) is 0 Å². The van der Waals surface area contributed by atoms with E-state index in [-0.39, 0.29) is 105 Å². The van der Waals surface area contributed by atoms with Crippen molar-refractivity contribution in [3.05, 3.63) is 32.5 Å². The number of nitrogens with two attached hydrogens (primary N) is 9. The Balaban J connectivity index is 1.57. The molecule has 0 saturated carbocycles. The SMILES string of the molecule is NC(=NCCCN(CCCN=C(N)NC(=O)c1nc(Cl)c(N)nc1N)CCCN=C(N)NC(=O)c1nc(Cl)c(N)nc1N)NC(=O)c1nc(Cl)c(N)nc1N. The van der Waals surface area contributed by atoms with Gasteiger partial charge in [-0.3, -0.25) is 45.3 Å². The molecule has 0 spiro atoms. The number of amides is 3. The average Bonchev–Trinajstić information content (AvgIpc) is 3.10.